The lowest BCUT2D eigenvalue weighted by molar-refractivity contribution is 0.184. The van der Waals surface area contributed by atoms with Crippen LogP contribution < -0.4 is 5.32 Å². The van der Waals surface area contributed by atoms with E-state index in [0.29, 0.717) is 5.02 Å². The van der Waals surface area contributed by atoms with Gasteiger partial charge in [-0.1, -0.05) is 29.7 Å². The van der Waals surface area contributed by atoms with E-state index in [1.54, 1.807) is 0 Å². The van der Waals surface area contributed by atoms with Gasteiger partial charge in [0, 0.05) is 23.1 Å². The number of terminal acetylenes is 1. The molecule has 0 aromatic heterocycles. The summed E-state index contributed by atoms with van der Waals surface area (Å²) in [6.07, 6.45) is 5.17. The number of carbonyl (C=O) groups excluding carboxylic acids is 1. The first-order valence-corrected chi connectivity index (χ1v) is 7.57. The van der Waals surface area contributed by atoms with Gasteiger partial charge in [-0.15, -0.1) is 6.42 Å². The van der Waals surface area contributed by atoms with Crippen molar-refractivity contribution < 1.29 is 4.79 Å². The first-order chi connectivity index (χ1) is 9.22. The van der Waals surface area contributed by atoms with Gasteiger partial charge in [-0.2, -0.15) is 11.8 Å². The van der Waals surface area contributed by atoms with Crippen LogP contribution in [0.5, 0.6) is 0 Å². The second-order valence-corrected chi connectivity index (χ2v) is 5.78. The van der Waals surface area contributed by atoms with Crippen LogP contribution in [0.2, 0.25) is 5.02 Å². The molecule has 3 nitrogen and oxygen atoms in total. The highest BCUT2D eigenvalue weighted by atomic mass is 35.5. The lowest BCUT2D eigenvalue weighted by Crippen LogP contribution is -2.46. The van der Waals surface area contributed by atoms with E-state index in [1.165, 1.54) is 0 Å². The molecular formula is C14H15ClN2OS. The van der Waals surface area contributed by atoms with Crippen LogP contribution in [0.3, 0.4) is 0 Å². The van der Waals surface area contributed by atoms with Crippen molar-refractivity contribution in [2.45, 2.75) is 6.04 Å². The van der Waals surface area contributed by atoms with E-state index < -0.39 is 0 Å². The lowest BCUT2D eigenvalue weighted by Gasteiger charge is -2.35. The minimum Gasteiger partial charge on any atom is -0.327 e. The molecule has 1 aromatic rings. The van der Waals surface area contributed by atoms with Crippen molar-refractivity contribution >= 4 is 29.4 Å². The van der Waals surface area contributed by atoms with Crippen LogP contribution in [0, 0.1) is 12.3 Å². The van der Waals surface area contributed by atoms with Gasteiger partial charge in [0.15, 0.2) is 0 Å². The number of hydrogen-bond donors (Lipinski definition) is 1. The molecule has 0 bridgehead atoms. The van der Waals surface area contributed by atoms with Crippen molar-refractivity contribution in [3.8, 4) is 12.3 Å². The highest BCUT2D eigenvalue weighted by Crippen LogP contribution is 2.30. The van der Waals surface area contributed by atoms with Crippen LogP contribution >= 0.6 is 23.4 Å². The Morgan fingerprint density at radius 3 is 2.95 bits per heavy atom. The number of hydrogen-bond acceptors (Lipinski definition) is 2. The monoisotopic (exact) mass is 294 g/mol. The normalized spacial score (nSPS) is 18.7. The van der Waals surface area contributed by atoms with Gasteiger partial charge in [0.25, 0.3) is 0 Å². The van der Waals surface area contributed by atoms with E-state index in [9.17, 15) is 4.79 Å². The number of nitrogens with one attached hydrogen (secondary N) is 1. The van der Waals surface area contributed by atoms with Crippen molar-refractivity contribution in [1.82, 2.24) is 10.2 Å². The number of thioether (sulfide) groups is 1. The first-order valence-electron chi connectivity index (χ1n) is 6.03. The summed E-state index contributed by atoms with van der Waals surface area (Å²) in [5.41, 5.74) is 1.10. The van der Waals surface area contributed by atoms with Crippen LogP contribution in [0.4, 0.5) is 4.79 Å². The van der Waals surface area contributed by atoms with E-state index in [0.717, 1.165) is 23.6 Å². The Morgan fingerprint density at radius 2 is 2.26 bits per heavy atom. The summed E-state index contributed by atoms with van der Waals surface area (Å²) in [5, 5.41) is 3.43. The molecule has 1 unspecified atom stereocenters. The molecule has 19 heavy (non-hydrogen) atoms. The van der Waals surface area contributed by atoms with Crippen LogP contribution in [0.25, 0.3) is 0 Å². The van der Waals surface area contributed by atoms with Crippen molar-refractivity contribution in [2.75, 3.05) is 24.6 Å². The molecular weight excluding hydrogens is 280 g/mol. The lowest BCUT2D eigenvalue weighted by atomic mass is 10.1. The van der Waals surface area contributed by atoms with Gasteiger partial charge in [-0.3, -0.25) is 0 Å². The maximum atomic E-state index is 12.1. The molecule has 0 saturated carbocycles. The van der Waals surface area contributed by atoms with Crippen molar-refractivity contribution in [1.29, 1.82) is 0 Å². The Bertz CT molecular complexity index is 483. The maximum Gasteiger partial charge on any atom is 0.318 e. The van der Waals surface area contributed by atoms with E-state index >= 15 is 0 Å². The van der Waals surface area contributed by atoms with Gasteiger partial charge in [0.2, 0.25) is 0 Å². The number of halogens is 1. The standard InChI is InChI=1S/C14H15ClN2OS/c1-2-7-16-14(18)17-8-9-19-10-13(17)11-3-5-12(15)6-4-11/h1,3-6,13H,7-10H2,(H,16,18). The molecule has 1 atom stereocenters. The summed E-state index contributed by atoms with van der Waals surface area (Å²) < 4.78 is 0. The van der Waals surface area contributed by atoms with Crippen LogP contribution in [0.15, 0.2) is 24.3 Å². The summed E-state index contributed by atoms with van der Waals surface area (Å²) >= 11 is 7.75. The van der Waals surface area contributed by atoms with Crippen LogP contribution in [-0.2, 0) is 0 Å². The molecule has 0 spiro atoms. The molecule has 5 heteroatoms. The summed E-state index contributed by atoms with van der Waals surface area (Å²) in [6.45, 7) is 0.990. The second-order valence-electron chi connectivity index (χ2n) is 4.20. The smallest absolute Gasteiger partial charge is 0.318 e. The number of amides is 2. The predicted octanol–water partition coefficient (Wildman–Crippen LogP) is 2.77. The first kappa shape index (κ1) is 14.1. The number of benzene rings is 1. The molecule has 2 amide bonds. The maximum absolute atomic E-state index is 12.1. The van der Waals surface area contributed by atoms with Crippen LogP contribution in [0.1, 0.15) is 11.6 Å². The fourth-order valence-electron chi connectivity index (χ4n) is 2.04. The Morgan fingerprint density at radius 1 is 1.53 bits per heavy atom. The quantitative estimate of drug-likeness (QED) is 0.851. The molecule has 2 rings (SSSR count). The number of urea groups is 1. The molecule has 0 radical (unpaired) electrons. The minimum absolute atomic E-state index is 0.0776. The van der Waals surface area contributed by atoms with Crippen molar-refractivity contribution in [3.63, 3.8) is 0 Å². The number of nitrogens with zero attached hydrogens (tertiary/aromatic N) is 1. The average molecular weight is 295 g/mol. The Hall–Kier alpha value is -1.31. The summed E-state index contributed by atoms with van der Waals surface area (Å²) in [6, 6.07) is 7.63. The van der Waals surface area contributed by atoms with Gasteiger partial charge in [0.1, 0.15) is 0 Å². The third kappa shape index (κ3) is 3.59. The van der Waals surface area contributed by atoms with E-state index in [1.807, 2.05) is 40.9 Å². The SMILES string of the molecule is C#CCNC(=O)N1CCSCC1c1ccc(Cl)cc1. The third-order valence-corrected chi connectivity index (χ3v) is 4.26. The van der Waals surface area contributed by atoms with Gasteiger partial charge in [-0.05, 0) is 17.7 Å². The van der Waals surface area contributed by atoms with Gasteiger partial charge in [-0.25, -0.2) is 4.79 Å². The fourth-order valence-corrected chi connectivity index (χ4v) is 3.25. The number of carbonyl (C=O) groups is 1. The zero-order valence-electron chi connectivity index (χ0n) is 10.4. The van der Waals surface area contributed by atoms with Crippen LogP contribution in [-0.4, -0.2) is 35.5 Å². The molecule has 0 aliphatic carbocycles. The molecule has 1 fully saturated rings. The minimum atomic E-state index is -0.0989. The van der Waals surface area contributed by atoms with Crippen molar-refractivity contribution in [3.05, 3.63) is 34.9 Å². The summed E-state index contributed by atoms with van der Waals surface area (Å²) in [5.74, 6) is 4.26. The van der Waals surface area contributed by atoms with E-state index in [4.69, 9.17) is 18.0 Å². The molecule has 1 aliphatic heterocycles. The highest BCUT2D eigenvalue weighted by Gasteiger charge is 2.27. The zero-order valence-corrected chi connectivity index (χ0v) is 12.0. The summed E-state index contributed by atoms with van der Waals surface area (Å²) in [7, 11) is 0. The highest BCUT2D eigenvalue weighted by molar-refractivity contribution is 7.99. The largest absolute Gasteiger partial charge is 0.327 e. The predicted molar refractivity (Wildman–Crippen MR) is 80.5 cm³/mol. The van der Waals surface area contributed by atoms with Gasteiger partial charge >= 0.3 is 6.03 Å². The Labute approximate surface area is 122 Å². The Kier molecular flexibility index (Phi) is 5.00. The van der Waals surface area contributed by atoms with Gasteiger partial charge in [0.05, 0.1) is 12.6 Å². The molecule has 100 valence electrons. The van der Waals surface area contributed by atoms with E-state index in [2.05, 4.69) is 11.2 Å². The Balaban J connectivity index is 2.14. The molecule has 1 saturated heterocycles. The van der Waals surface area contributed by atoms with Gasteiger partial charge < -0.3 is 10.2 Å². The number of rotatable bonds is 2. The summed E-state index contributed by atoms with van der Waals surface area (Å²) in [4.78, 5) is 13.9. The third-order valence-electron chi connectivity index (χ3n) is 2.99. The molecule has 1 aromatic carbocycles. The van der Waals surface area contributed by atoms with E-state index in [-0.39, 0.29) is 18.6 Å². The van der Waals surface area contributed by atoms with Crippen molar-refractivity contribution in [2.24, 2.45) is 0 Å². The molecule has 1 aliphatic rings. The average Bonchev–Trinajstić information content (AvgIpc) is 2.45. The molecule has 1 heterocycles. The zero-order chi connectivity index (χ0) is 13.7. The fraction of sp³-hybridized carbons (Fsp3) is 0.357. The topological polar surface area (TPSA) is 32.3 Å². The molecule has 1 N–H and O–H groups in total. The second kappa shape index (κ2) is 6.74.